The van der Waals surface area contributed by atoms with Gasteiger partial charge in [0.1, 0.15) is 0 Å². The molecule has 0 aromatic carbocycles. The summed E-state index contributed by atoms with van der Waals surface area (Å²) in [4.78, 5) is 0. The Kier molecular flexibility index (Phi) is 3.97. The van der Waals surface area contributed by atoms with Gasteiger partial charge in [-0.15, -0.1) is 0 Å². The summed E-state index contributed by atoms with van der Waals surface area (Å²) < 4.78 is 25.7. The molecule has 1 unspecified atom stereocenters. The first-order chi connectivity index (χ1) is 6.56. The molecule has 7 heteroatoms. The van der Waals surface area contributed by atoms with E-state index < -0.39 is 10.0 Å². The zero-order valence-electron chi connectivity index (χ0n) is 8.02. The minimum atomic E-state index is -3.42. The number of nitrogens with zero attached hydrogens (tertiary/aromatic N) is 1. The summed E-state index contributed by atoms with van der Waals surface area (Å²) in [5, 5.41) is 6.11. The molecule has 0 saturated heterocycles. The normalized spacial score (nSPS) is 14.1. The van der Waals surface area contributed by atoms with Gasteiger partial charge in [-0.1, -0.05) is 0 Å². The van der Waals surface area contributed by atoms with Crippen LogP contribution in [0.5, 0.6) is 0 Å². The van der Waals surface area contributed by atoms with Gasteiger partial charge in [0.25, 0.3) is 10.0 Å². The highest BCUT2D eigenvalue weighted by Crippen LogP contribution is 2.05. The average molecular weight is 235 g/mol. The molecule has 80 valence electrons. The Morgan fingerprint density at radius 3 is 2.93 bits per heavy atom. The highest BCUT2D eigenvalue weighted by Gasteiger charge is 2.17. The molecule has 0 aliphatic carbocycles. The molecule has 0 bridgehead atoms. The van der Waals surface area contributed by atoms with Crippen molar-refractivity contribution in [2.75, 3.05) is 12.0 Å². The van der Waals surface area contributed by atoms with Crippen LogP contribution >= 0.6 is 11.8 Å². The van der Waals surface area contributed by atoms with Crippen LogP contribution < -0.4 is 4.72 Å². The Bertz CT molecular complexity index is 360. The topological polar surface area (TPSA) is 74.8 Å². The minimum absolute atomic E-state index is 0.0849. The molecule has 2 N–H and O–H groups in total. The number of hydrogen-bond acceptors (Lipinski definition) is 4. The number of hydrogen-bond donors (Lipinski definition) is 2. The van der Waals surface area contributed by atoms with Crippen LogP contribution in [0.25, 0.3) is 0 Å². The van der Waals surface area contributed by atoms with Crippen LogP contribution in [-0.4, -0.2) is 36.7 Å². The predicted molar refractivity (Wildman–Crippen MR) is 56.8 cm³/mol. The molecule has 0 aliphatic heterocycles. The van der Waals surface area contributed by atoms with E-state index in [4.69, 9.17) is 0 Å². The second-order valence-corrected chi connectivity index (χ2v) is 5.49. The molecule has 0 spiro atoms. The Balaban J connectivity index is 2.68. The van der Waals surface area contributed by atoms with E-state index in [-0.39, 0.29) is 11.1 Å². The molecule has 1 rings (SSSR count). The highest BCUT2D eigenvalue weighted by atomic mass is 32.2. The maximum Gasteiger partial charge on any atom is 0.257 e. The van der Waals surface area contributed by atoms with Gasteiger partial charge in [-0.05, 0) is 19.2 Å². The van der Waals surface area contributed by atoms with Crippen molar-refractivity contribution in [3.63, 3.8) is 0 Å². The minimum Gasteiger partial charge on any atom is -0.266 e. The second kappa shape index (κ2) is 4.81. The van der Waals surface area contributed by atoms with Crippen LogP contribution in [0.1, 0.15) is 6.92 Å². The van der Waals surface area contributed by atoms with E-state index in [1.54, 1.807) is 11.8 Å². The van der Waals surface area contributed by atoms with Crippen molar-refractivity contribution < 1.29 is 8.42 Å². The average Bonchev–Trinajstić information content (AvgIpc) is 2.54. The predicted octanol–water partition coefficient (Wildman–Crippen LogP) is 0.440. The standard InChI is InChI=1S/C7H13N3O2S2/c1-6(5-13-2)10-14(11,12)7-3-4-8-9-7/h3-4,6,10H,5H2,1-2H3,(H,8,9). The first-order valence-electron chi connectivity index (χ1n) is 4.07. The summed E-state index contributed by atoms with van der Waals surface area (Å²) >= 11 is 1.59. The Hall–Kier alpha value is -0.530. The van der Waals surface area contributed by atoms with Crippen LogP contribution in [0.2, 0.25) is 0 Å². The number of sulfonamides is 1. The zero-order valence-corrected chi connectivity index (χ0v) is 9.65. The molecule has 1 heterocycles. The summed E-state index contributed by atoms with van der Waals surface area (Å²) in [5.41, 5.74) is 0. The molecule has 14 heavy (non-hydrogen) atoms. The van der Waals surface area contributed by atoms with Gasteiger partial charge in [-0.2, -0.15) is 16.9 Å². The quantitative estimate of drug-likeness (QED) is 0.776. The van der Waals surface area contributed by atoms with Gasteiger partial charge < -0.3 is 0 Å². The fraction of sp³-hybridized carbons (Fsp3) is 0.571. The maximum atomic E-state index is 11.6. The van der Waals surface area contributed by atoms with Gasteiger partial charge in [-0.3, -0.25) is 5.10 Å². The Labute approximate surface area is 87.7 Å². The summed E-state index contributed by atoms with van der Waals surface area (Å²) in [7, 11) is -3.42. The third-order valence-electron chi connectivity index (χ3n) is 1.54. The van der Waals surface area contributed by atoms with E-state index >= 15 is 0 Å². The fourth-order valence-corrected chi connectivity index (χ4v) is 2.85. The van der Waals surface area contributed by atoms with Gasteiger partial charge >= 0.3 is 0 Å². The summed E-state index contributed by atoms with van der Waals surface area (Å²) in [5.74, 6) is 0.743. The molecule has 5 nitrogen and oxygen atoms in total. The number of nitrogens with one attached hydrogen (secondary N) is 2. The molecule has 0 aliphatic rings. The van der Waals surface area contributed by atoms with Gasteiger partial charge in [-0.25, -0.2) is 13.1 Å². The first-order valence-corrected chi connectivity index (χ1v) is 6.94. The smallest absolute Gasteiger partial charge is 0.257 e. The second-order valence-electron chi connectivity index (χ2n) is 2.90. The number of rotatable bonds is 5. The van der Waals surface area contributed by atoms with E-state index in [9.17, 15) is 8.42 Å². The van der Waals surface area contributed by atoms with E-state index in [0.717, 1.165) is 5.75 Å². The molecular weight excluding hydrogens is 222 g/mol. The van der Waals surface area contributed by atoms with Crippen molar-refractivity contribution in [2.45, 2.75) is 18.0 Å². The first kappa shape index (κ1) is 11.5. The lowest BCUT2D eigenvalue weighted by atomic mass is 10.4. The lowest BCUT2D eigenvalue weighted by Crippen LogP contribution is -2.34. The van der Waals surface area contributed by atoms with E-state index in [0.29, 0.717) is 0 Å². The van der Waals surface area contributed by atoms with E-state index in [1.165, 1.54) is 12.3 Å². The van der Waals surface area contributed by atoms with Gasteiger partial charge in [0.05, 0.1) is 6.20 Å². The van der Waals surface area contributed by atoms with E-state index in [1.807, 2.05) is 13.2 Å². The van der Waals surface area contributed by atoms with Crippen LogP contribution in [0.4, 0.5) is 0 Å². The van der Waals surface area contributed by atoms with Gasteiger partial charge in [0.2, 0.25) is 0 Å². The summed E-state index contributed by atoms with van der Waals surface area (Å²) in [6.45, 7) is 1.82. The molecule has 1 atom stereocenters. The Morgan fingerprint density at radius 1 is 1.71 bits per heavy atom. The Morgan fingerprint density at radius 2 is 2.43 bits per heavy atom. The summed E-state index contributed by atoms with van der Waals surface area (Å²) in [6, 6.07) is 1.34. The van der Waals surface area contributed by atoms with Gasteiger partial charge in [0.15, 0.2) is 5.03 Å². The summed E-state index contributed by atoms with van der Waals surface area (Å²) in [6.07, 6.45) is 3.34. The molecule has 0 fully saturated rings. The number of H-pyrrole nitrogens is 1. The van der Waals surface area contributed by atoms with Crippen molar-refractivity contribution in [2.24, 2.45) is 0 Å². The van der Waals surface area contributed by atoms with Crippen molar-refractivity contribution in [1.29, 1.82) is 0 Å². The number of thioether (sulfide) groups is 1. The third kappa shape index (κ3) is 3.00. The molecule has 1 aromatic rings. The molecule has 1 aromatic heterocycles. The molecular formula is C7H13N3O2S2. The van der Waals surface area contributed by atoms with Crippen molar-refractivity contribution in [3.05, 3.63) is 12.3 Å². The zero-order chi connectivity index (χ0) is 10.6. The van der Waals surface area contributed by atoms with Crippen molar-refractivity contribution >= 4 is 21.8 Å². The third-order valence-corrected chi connectivity index (χ3v) is 3.89. The lowest BCUT2D eigenvalue weighted by Gasteiger charge is -2.11. The fourth-order valence-electron chi connectivity index (χ4n) is 1.01. The maximum absolute atomic E-state index is 11.6. The van der Waals surface area contributed by atoms with Crippen molar-refractivity contribution in [3.8, 4) is 0 Å². The van der Waals surface area contributed by atoms with Crippen LogP contribution in [-0.2, 0) is 10.0 Å². The molecule has 0 radical (unpaired) electrons. The monoisotopic (exact) mass is 235 g/mol. The largest absolute Gasteiger partial charge is 0.266 e. The SMILES string of the molecule is CSCC(C)NS(=O)(=O)c1ccn[nH]1. The number of aromatic amines is 1. The molecule has 0 saturated carbocycles. The van der Waals surface area contributed by atoms with Crippen LogP contribution in [0, 0.1) is 0 Å². The van der Waals surface area contributed by atoms with Crippen molar-refractivity contribution in [1.82, 2.24) is 14.9 Å². The molecule has 0 amide bonds. The van der Waals surface area contributed by atoms with Crippen LogP contribution in [0.3, 0.4) is 0 Å². The van der Waals surface area contributed by atoms with Gasteiger partial charge in [0, 0.05) is 11.8 Å². The van der Waals surface area contributed by atoms with Crippen LogP contribution in [0.15, 0.2) is 17.3 Å². The highest BCUT2D eigenvalue weighted by molar-refractivity contribution is 7.98. The van der Waals surface area contributed by atoms with E-state index in [2.05, 4.69) is 14.9 Å². The lowest BCUT2D eigenvalue weighted by molar-refractivity contribution is 0.567. The number of aromatic nitrogens is 2.